The zero-order valence-electron chi connectivity index (χ0n) is 8.10. The van der Waals surface area contributed by atoms with E-state index in [1.807, 2.05) is 28.1 Å². The van der Waals surface area contributed by atoms with Gasteiger partial charge in [0.05, 0.1) is 21.1 Å². The van der Waals surface area contributed by atoms with E-state index in [4.69, 9.17) is 0 Å². The van der Waals surface area contributed by atoms with Crippen molar-refractivity contribution in [2.75, 3.05) is 21.1 Å². The van der Waals surface area contributed by atoms with E-state index in [1.54, 1.807) is 0 Å². The second kappa shape index (κ2) is 5.32. The normalized spacial score (nSPS) is 12.7. The second-order valence-corrected chi connectivity index (χ2v) is 3.50. The van der Waals surface area contributed by atoms with Crippen molar-refractivity contribution in [1.29, 1.82) is 0 Å². The van der Waals surface area contributed by atoms with E-state index in [2.05, 4.69) is 11.9 Å². The van der Waals surface area contributed by atoms with Crippen LogP contribution in [0.2, 0.25) is 0 Å². The first-order valence-electron chi connectivity index (χ1n) is 3.62. The van der Waals surface area contributed by atoms with Crippen LogP contribution < -0.4 is 22.3 Å². The summed E-state index contributed by atoms with van der Waals surface area (Å²) in [6.45, 7) is 5.34. The molecule has 12 heavy (non-hydrogen) atoms. The van der Waals surface area contributed by atoms with Gasteiger partial charge in [-0.1, -0.05) is 6.58 Å². The molecule has 4 heteroatoms. The van der Waals surface area contributed by atoms with Crippen LogP contribution in [0.15, 0.2) is 12.7 Å². The summed E-state index contributed by atoms with van der Waals surface area (Å²) in [6, 6.07) is 0. The van der Waals surface area contributed by atoms with Crippen LogP contribution in [-0.4, -0.2) is 37.7 Å². The number of quaternary nitrogens is 1. The van der Waals surface area contributed by atoms with Crippen LogP contribution >= 0.6 is 0 Å². The van der Waals surface area contributed by atoms with Gasteiger partial charge >= 0.3 is 0 Å². The minimum atomic E-state index is -0.120. The number of carbonyl (C=O) groups is 1. The molecule has 0 aliphatic heterocycles. The Morgan fingerprint density at radius 3 is 2.17 bits per heavy atom. The molecule has 0 fully saturated rings. The smallest absolute Gasteiger partial charge is 0.247 e. The zero-order chi connectivity index (χ0) is 9.07. The van der Waals surface area contributed by atoms with Crippen molar-refractivity contribution in [2.45, 2.75) is 13.1 Å². The number of nitrogens with one attached hydrogen (secondary N) is 1. The summed E-state index contributed by atoms with van der Waals surface area (Å²) < 4.78 is 0.708. The monoisotopic (exact) mass is 236 g/mol. The van der Waals surface area contributed by atoms with E-state index in [0.29, 0.717) is 4.48 Å². The van der Waals surface area contributed by atoms with Crippen molar-refractivity contribution < 1.29 is 26.3 Å². The third kappa shape index (κ3) is 5.32. The van der Waals surface area contributed by atoms with Gasteiger partial charge in [-0.2, -0.15) is 0 Å². The molecule has 1 unspecified atom stereocenters. The van der Waals surface area contributed by atoms with Crippen molar-refractivity contribution >= 4 is 5.91 Å². The molecule has 1 amide bonds. The number of nitrogens with zero attached hydrogens (tertiary/aromatic N) is 1. The number of halogens is 1. The highest BCUT2D eigenvalue weighted by atomic mass is 79.9. The van der Waals surface area contributed by atoms with E-state index >= 15 is 0 Å². The van der Waals surface area contributed by atoms with Crippen molar-refractivity contribution in [1.82, 2.24) is 5.32 Å². The highest BCUT2D eigenvalue weighted by Gasteiger charge is 2.18. The largest absolute Gasteiger partial charge is 1.00 e. The fourth-order valence-electron chi connectivity index (χ4n) is 0.458. The summed E-state index contributed by atoms with van der Waals surface area (Å²) in [7, 11) is 6.07. The first-order chi connectivity index (χ1) is 4.88. The molecule has 0 saturated heterocycles. The van der Waals surface area contributed by atoms with Gasteiger partial charge in [0.25, 0.3) is 0 Å². The molecule has 0 aromatic rings. The summed E-state index contributed by atoms with van der Waals surface area (Å²) in [4.78, 5) is 10.8. The van der Waals surface area contributed by atoms with Gasteiger partial charge in [0, 0.05) is 6.92 Å². The SMILES string of the molecule is C=CC(=O)NC(C)[N+](C)(C)C.[Br-]. The van der Waals surface area contributed by atoms with Crippen LogP contribution in [0.25, 0.3) is 0 Å². The van der Waals surface area contributed by atoms with Crippen LogP contribution in [0, 0.1) is 0 Å². The molecule has 0 rings (SSSR count). The molecule has 0 spiro atoms. The quantitative estimate of drug-likeness (QED) is 0.324. The first kappa shape index (κ1) is 14.2. The average Bonchev–Trinajstić information content (AvgIpc) is 1.85. The lowest BCUT2D eigenvalue weighted by Gasteiger charge is -2.31. The Balaban J connectivity index is 0. The Hall–Kier alpha value is -0.350. The van der Waals surface area contributed by atoms with Crippen molar-refractivity contribution in [2.24, 2.45) is 0 Å². The summed E-state index contributed by atoms with van der Waals surface area (Å²) in [5.41, 5.74) is 0. The van der Waals surface area contributed by atoms with E-state index in [-0.39, 0.29) is 29.1 Å². The molecule has 0 bridgehead atoms. The van der Waals surface area contributed by atoms with Crippen molar-refractivity contribution in [3.63, 3.8) is 0 Å². The Morgan fingerprint density at radius 2 is 1.92 bits per heavy atom. The second-order valence-electron chi connectivity index (χ2n) is 3.50. The lowest BCUT2D eigenvalue weighted by atomic mass is 10.4. The van der Waals surface area contributed by atoms with Crippen LogP contribution in [0.5, 0.6) is 0 Å². The van der Waals surface area contributed by atoms with E-state index < -0.39 is 0 Å². The standard InChI is InChI=1S/C8H16N2O.BrH/c1-6-8(11)9-7(2)10(3,4)5;/h6-7H,1H2,2-5H3;1H. The van der Waals surface area contributed by atoms with Crippen LogP contribution in [-0.2, 0) is 4.79 Å². The maximum atomic E-state index is 10.8. The summed E-state index contributed by atoms with van der Waals surface area (Å²) >= 11 is 0. The van der Waals surface area contributed by atoms with Crippen LogP contribution in [0.1, 0.15) is 6.92 Å². The third-order valence-corrected chi connectivity index (χ3v) is 1.70. The highest BCUT2D eigenvalue weighted by Crippen LogP contribution is 1.96. The topological polar surface area (TPSA) is 29.1 Å². The van der Waals surface area contributed by atoms with Gasteiger partial charge in [0.1, 0.15) is 0 Å². The first-order valence-corrected chi connectivity index (χ1v) is 3.62. The fourth-order valence-corrected chi connectivity index (χ4v) is 0.458. The van der Waals surface area contributed by atoms with Crippen molar-refractivity contribution in [3.8, 4) is 0 Å². The maximum absolute atomic E-state index is 10.8. The number of carbonyl (C=O) groups excluding carboxylic acids is 1. The van der Waals surface area contributed by atoms with Gasteiger partial charge < -0.3 is 26.8 Å². The molecular formula is C8H17BrN2O. The molecular weight excluding hydrogens is 220 g/mol. The summed E-state index contributed by atoms with van der Waals surface area (Å²) in [6.07, 6.45) is 1.40. The predicted molar refractivity (Wildman–Crippen MR) is 45.8 cm³/mol. The Kier molecular flexibility index (Phi) is 6.29. The van der Waals surface area contributed by atoms with Gasteiger partial charge in [-0.3, -0.25) is 4.79 Å². The van der Waals surface area contributed by atoms with Gasteiger partial charge in [-0.25, -0.2) is 0 Å². The number of amides is 1. The summed E-state index contributed by atoms with van der Waals surface area (Å²) in [5, 5.41) is 2.78. The molecule has 0 radical (unpaired) electrons. The fraction of sp³-hybridized carbons (Fsp3) is 0.625. The molecule has 72 valence electrons. The highest BCUT2D eigenvalue weighted by molar-refractivity contribution is 5.86. The Labute approximate surface area is 84.8 Å². The number of rotatable bonds is 3. The van der Waals surface area contributed by atoms with E-state index in [1.165, 1.54) is 6.08 Å². The van der Waals surface area contributed by atoms with Gasteiger partial charge in [-0.05, 0) is 6.08 Å². The maximum Gasteiger partial charge on any atom is 0.247 e. The van der Waals surface area contributed by atoms with Gasteiger partial charge in [0.2, 0.25) is 5.91 Å². The Morgan fingerprint density at radius 1 is 1.50 bits per heavy atom. The molecule has 1 N–H and O–H groups in total. The third-order valence-electron chi connectivity index (χ3n) is 1.70. The summed E-state index contributed by atoms with van der Waals surface area (Å²) in [5.74, 6) is -0.120. The number of hydrogen-bond acceptors (Lipinski definition) is 1. The van der Waals surface area contributed by atoms with Crippen molar-refractivity contribution in [3.05, 3.63) is 12.7 Å². The van der Waals surface area contributed by atoms with E-state index in [0.717, 1.165) is 0 Å². The van der Waals surface area contributed by atoms with Gasteiger partial charge in [0.15, 0.2) is 6.17 Å². The minimum absolute atomic E-state index is 0. The number of hydrogen-bond donors (Lipinski definition) is 1. The predicted octanol–water partition coefficient (Wildman–Crippen LogP) is -2.66. The molecule has 1 atom stereocenters. The molecule has 0 aromatic heterocycles. The molecule has 0 heterocycles. The molecule has 0 aliphatic carbocycles. The van der Waals surface area contributed by atoms with Crippen LogP contribution in [0.4, 0.5) is 0 Å². The lowest BCUT2D eigenvalue weighted by Crippen LogP contribution is -3.00. The molecule has 3 nitrogen and oxygen atoms in total. The zero-order valence-corrected chi connectivity index (χ0v) is 9.68. The molecule has 0 aromatic carbocycles. The lowest BCUT2D eigenvalue weighted by molar-refractivity contribution is -0.896. The average molecular weight is 237 g/mol. The Bertz CT molecular complexity index is 163. The van der Waals surface area contributed by atoms with E-state index in [9.17, 15) is 4.79 Å². The molecule has 0 aliphatic rings. The molecule has 0 saturated carbocycles. The van der Waals surface area contributed by atoms with Crippen LogP contribution in [0.3, 0.4) is 0 Å². The van der Waals surface area contributed by atoms with Gasteiger partial charge in [-0.15, -0.1) is 0 Å². The minimum Gasteiger partial charge on any atom is -1.00 e.